The first-order valence-electron chi connectivity index (χ1n) is 12.0. The van der Waals surface area contributed by atoms with Crippen LogP contribution < -0.4 is 20.3 Å². The Hall–Kier alpha value is -3.98. The Balaban J connectivity index is 1.88. The number of fused-ring (bicyclic) bond motifs is 1. The zero-order valence-corrected chi connectivity index (χ0v) is 21.7. The van der Waals surface area contributed by atoms with Crippen molar-refractivity contribution < 1.29 is 9.53 Å². The van der Waals surface area contributed by atoms with Crippen molar-refractivity contribution in [3.63, 3.8) is 0 Å². The zero-order chi connectivity index (χ0) is 25.8. The van der Waals surface area contributed by atoms with Crippen LogP contribution in [0.2, 0.25) is 0 Å². The zero-order valence-electron chi connectivity index (χ0n) is 21.7. The quantitative estimate of drug-likeness (QED) is 0.365. The summed E-state index contributed by atoms with van der Waals surface area (Å²) in [5, 5.41) is 20.7. The van der Waals surface area contributed by atoms with Gasteiger partial charge in [0.05, 0.1) is 16.8 Å². The SMILES string of the molecule is CNCCC(Oc1ccc(NC(C)=O)cc1-n1nc2c(N(C)C)nnc(C)c2c1C)c1ccccc1. The second-order valence-electron chi connectivity index (χ2n) is 9.00. The summed E-state index contributed by atoms with van der Waals surface area (Å²) in [6.07, 6.45) is 0.613. The molecule has 9 nitrogen and oxygen atoms in total. The lowest BCUT2D eigenvalue weighted by molar-refractivity contribution is -0.114. The Morgan fingerprint density at radius 2 is 1.86 bits per heavy atom. The second kappa shape index (κ2) is 10.7. The number of carbonyl (C=O) groups excluding carboxylic acids is 1. The van der Waals surface area contributed by atoms with Gasteiger partial charge in [-0.05, 0) is 51.2 Å². The number of ether oxygens (including phenoxy) is 1. The molecule has 0 spiro atoms. The van der Waals surface area contributed by atoms with E-state index in [0.29, 0.717) is 17.3 Å². The molecule has 1 amide bonds. The number of benzene rings is 2. The lowest BCUT2D eigenvalue weighted by Crippen LogP contribution is -2.17. The molecular weight excluding hydrogens is 454 g/mol. The lowest BCUT2D eigenvalue weighted by atomic mass is 10.1. The molecule has 0 saturated carbocycles. The van der Waals surface area contributed by atoms with Gasteiger partial charge in [-0.15, -0.1) is 5.10 Å². The molecule has 1 atom stereocenters. The summed E-state index contributed by atoms with van der Waals surface area (Å²) >= 11 is 0. The fourth-order valence-corrected chi connectivity index (χ4v) is 4.30. The third-order valence-corrected chi connectivity index (χ3v) is 6.01. The molecule has 0 saturated heterocycles. The van der Waals surface area contributed by atoms with E-state index in [-0.39, 0.29) is 12.0 Å². The Bertz CT molecular complexity index is 1370. The Morgan fingerprint density at radius 3 is 2.53 bits per heavy atom. The van der Waals surface area contributed by atoms with Crippen molar-refractivity contribution in [2.45, 2.75) is 33.3 Å². The van der Waals surface area contributed by atoms with Gasteiger partial charge in [0.1, 0.15) is 23.1 Å². The molecule has 0 bridgehead atoms. The van der Waals surface area contributed by atoms with Crippen molar-refractivity contribution in [1.29, 1.82) is 0 Å². The minimum Gasteiger partial charge on any atom is -0.483 e. The van der Waals surface area contributed by atoms with Crippen molar-refractivity contribution in [2.75, 3.05) is 37.9 Å². The summed E-state index contributed by atoms with van der Waals surface area (Å²) in [6.45, 7) is 6.23. The van der Waals surface area contributed by atoms with E-state index in [9.17, 15) is 4.79 Å². The minimum absolute atomic E-state index is 0.146. The molecule has 36 heavy (non-hydrogen) atoms. The van der Waals surface area contributed by atoms with Crippen LogP contribution in [0.5, 0.6) is 5.75 Å². The van der Waals surface area contributed by atoms with Gasteiger partial charge in [-0.1, -0.05) is 30.3 Å². The van der Waals surface area contributed by atoms with Crippen LogP contribution in [0.4, 0.5) is 11.5 Å². The Labute approximate surface area is 211 Å². The van der Waals surface area contributed by atoms with Crippen molar-refractivity contribution in [2.24, 2.45) is 0 Å². The van der Waals surface area contributed by atoms with Crippen molar-refractivity contribution in [3.8, 4) is 11.4 Å². The van der Waals surface area contributed by atoms with Crippen molar-refractivity contribution in [3.05, 3.63) is 65.5 Å². The molecule has 2 heterocycles. The third-order valence-electron chi connectivity index (χ3n) is 6.01. The van der Waals surface area contributed by atoms with E-state index in [1.165, 1.54) is 6.92 Å². The number of rotatable bonds is 9. The number of aromatic nitrogens is 4. The van der Waals surface area contributed by atoms with Crippen LogP contribution in [0.1, 0.15) is 36.4 Å². The average molecular weight is 488 g/mol. The minimum atomic E-state index is -0.170. The molecule has 2 N–H and O–H groups in total. The molecule has 0 aliphatic rings. The third kappa shape index (κ3) is 5.16. The number of aryl methyl sites for hydroxylation is 2. The maximum Gasteiger partial charge on any atom is 0.221 e. The molecule has 2 aromatic heterocycles. The first-order valence-corrected chi connectivity index (χ1v) is 12.0. The summed E-state index contributed by atoms with van der Waals surface area (Å²) in [6, 6.07) is 15.8. The molecule has 188 valence electrons. The molecule has 9 heteroatoms. The monoisotopic (exact) mass is 487 g/mol. The predicted octanol–water partition coefficient (Wildman–Crippen LogP) is 4.19. The van der Waals surface area contributed by atoms with E-state index in [1.54, 1.807) is 0 Å². The number of amides is 1. The van der Waals surface area contributed by atoms with E-state index < -0.39 is 0 Å². The smallest absolute Gasteiger partial charge is 0.221 e. The molecule has 0 aliphatic heterocycles. The standard InChI is InChI=1S/C27H33N7O2/c1-17-25-18(2)34(32-26(25)27(31-30-17)33(5)6)22-16-21(29-19(3)35)12-13-24(22)36-23(14-15-28-4)20-10-8-7-9-11-20/h7-13,16,23,28H,14-15H2,1-6H3,(H,29,35). The summed E-state index contributed by atoms with van der Waals surface area (Å²) in [5.41, 5.74) is 4.95. The van der Waals surface area contributed by atoms with E-state index in [2.05, 4.69) is 33.0 Å². The summed E-state index contributed by atoms with van der Waals surface area (Å²) in [5.74, 6) is 1.20. The number of hydrogen-bond acceptors (Lipinski definition) is 7. The number of anilines is 2. The number of hydrogen-bond donors (Lipinski definition) is 2. The maximum atomic E-state index is 11.8. The van der Waals surface area contributed by atoms with Gasteiger partial charge in [0.25, 0.3) is 0 Å². The van der Waals surface area contributed by atoms with Crippen molar-refractivity contribution in [1.82, 2.24) is 25.3 Å². The van der Waals surface area contributed by atoms with Gasteiger partial charge in [-0.25, -0.2) is 4.68 Å². The topological polar surface area (TPSA) is 97.2 Å². The summed E-state index contributed by atoms with van der Waals surface area (Å²) in [7, 11) is 5.78. The second-order valence-corrected chi connectivity index (χ2v) is 9.00. The first kappa shape index (κ1) is 25.1. The van der Waals surface area contributed by atoms with Crippen LogP contribution in [0.15, 0.2) is 48.5 Å². The van der Waals surface area contributed by atoms with E-state index in [4.69, 9.17) is 9.84 Å². The molecule has 0 radical (unpaired) electrons. The van der Waals surface area contributed by atoms with Crippen molar-refractivity contribution >= 4 is 28.3 Å². The van der Waals surface area contributed by atoms with Crippen LogP contribution in [0.3, 0.4) is 0 Å². The van der Waals surface area contributed by atoms with E-state index >= 15 is 0 Å². The highest BCUT2D eigenvalue weighted by molar-refractivity contribution is 5.93. The molecule has 4 aromatic rings. The van der Waals surface area contributed by atoms with Gasteiger partial charge >= 0.3 is 0 Å². The van der Waals surface area contributed by atoms with Gasteiger partial charge in [0.15, 0.2) is 5.82 Å². The number of nitrogens with one attached hydrogen (secondary N) is 2. The van der Waals surface area contributed by atoms with Gasteiger partial charge in [-0.3, -0.25) is 4.79 Å². The van der Waals surface area contributed by atoms with E-state index in [1.807, 2.05) is 81.0 Å². The molecule has 1 unspecified atom stereocenters. The predicted molar refractivity (Wildman–Crippen MR) is 143 cm³/mol. The fourth-order valence-electron chi connectivity index (χ4n) is 4.30. The van der Waals surface area contributed by atoms with Crippen LogP contribution >= 0.6 is 0 Å². The van der Waals surface area contributed by atoms with Gasteiger partial charge in [0.2, 0.25) is 5.91 Å². The van der Waals surface area contributed by atoms with Crippen LogP contribution in [0.25, 0.3) is 16.6 Å². The van der Waals surface area contributed by atoms with E-state index in [0.717, 1.165) is 46.5 Å². The van der Waals surface area contributed by atoms with Crippen LogP contribution in [0, 0.1) is 13.8 Å². The largest absolute Gasteiger partial charge is 0.483 e. The summed E-state index contributed by atoms with van der Waals surface area (Å²) in [4.78, 5) is 13.7. The van der Waals surface area contributed by atoms with Crippen LogP contribution in [-0.2, 0) is 4.79 Å². The highest BCUT2D eigenvalue weighted by Crippen LogP contribution is 2.35. The lowest BCUT2D eigenvalue weighted by Gasteiger charge is -2.22. The highest BCUT2D eigenvalue weighted by Gasteiger charge is 2.22. The number of carbonyl (C=O) groups is 1. The maximum absolute atomic E-state index is 11.8. The Kier molecular flexibility index (Phi) is 7.49. The Morgan fingerprint density at radius 1 is 1.11 bits per heavy atom. The first-order chi connectivity index (χ1) is 17.3. The van der Waals surface area contributed by atoms with Crippen LogP contribution in [-0.4, -0.2) is 53.6 Å². The van der Waals surface area contributed by atoms with Gasteiger partial charge in [-0.2, -0.15) is 10.2 Å². The molecule has 2 aromatic carbocycles. The molecule has 4 rings (SSSR count). The highest BCUT2D eigenvalue weighted by atomic mass is 16.5. The molecular formula is C27H33N7O2. The average Bonchev–Trinajstić information content (AvgIpc) is 3.20. The fraction of sp³-hybridized carbons (Fsp3) is 0.333. The van der Waals surface area contributed by atoms with Gasteiger partial charge in [0, 0.05) is 33.1 Å². The normalized spacial score (nSPS) is 11.9. The summed E-state index contributed by atoms with van der Waals surface area (Å²) < 4.78 is 8.51. The van der Waals surface area contributed by atoms with Gasteiger partial charge < -0.3 is 20.3 Å². The molecule has 0 aliphatic carbocycles. The molecule has 0 fully saturated rings. The number of nitrogens with zero attached hydrogens (tertiary/aromatic N) is 5.